The number of pyridine rings is 1. The smallest absolute Gasteiger partial charge is 0.465 e. The Morgan fingerprint density at radius 1 is 1.05 bits per heavy atom. The highest BCUT2D eigenvalue weighted by Crippen LogP contribution is 2.40. The lowest BCUT2D eigenvalue weighted by Crippen LogP contribution is -2.53. The number of hydrogen-bond acceptors (Lipinski definition) is 9. The zero-order valence-corrected chi connectivity index (χ0v) is 33.5. The number of hydrogen-bond donors (Lipinski definition) is 4. The van der Waals surface area contributed by atoms with Crippen LogP contribution in [0.4, 0.5) is 29.5 Å². The SMILES string of the molecule is CC1CC(c2ncc(-c3ccc(-c4cc(Cl)c(C(=O)Nc5ccc(N6CCNCC6C)nc5)cc4OC(F)(F)F)cc3)[nH]2)N(C(=O)C(C2CCOCC2)N(C)C(=O)O)C1. The number of aromatic amines is 1. The number of nitrogens with zero attached hydrogens (tertiary/aromatic N) is 5. The number of imidazole rings is 1. The summed E-state index contributed by atoms with van der Waals surface area (Å²) in [6.07, 6.45) is -1.39. The molecule has 2 aromatic carbocycles. The number of halogens is 4. The molecule has 14 nitrogen and oxygen atoms in total. The van der Waals surface area contributed by atoms with Gasteiger partial charge in [-0.25, -0.2) is 14.8 Å². The Kier molecular flexibility index (Phi) is 12.4. The van der Waals surface area contributed by atoms with Crippen molar-refractivity contribution in [2.75, 3.05) is 56.7 Å². The summed E-state index contributed by atoms with van der Waals surface area (Å²) in [5.41, 5.74) is 1.73. The van der Waals surface area contributed by atoms with E-state index in [4.69, 9.17) is 16.3 Å². The van der Waals surface area contributed by atoms with Gasteiger partial charge in [0.2, 0.25) is 5.91 Å². The van der Waals surface area contributed by atoms with Crippen LogP contribution < -0.4 is 20.3 Å². The molecule has 0 radical (unpaired) electrons. The number of H-pyrrole nitrogens is 1. The molecule has 4 unspecified atom stereocenters. The van der Waals surface area contributed by atoms with Gasteiger partial charge in [0.1, 0.15) is 23.4 Å². The maximum atomic E-state index is 14.1. The average Bonchev–Trinajstić information content (AvgIpc) is 3.86. The molecule has 0 bridgehead atoms. The van der Waals surface area contributed by atoms with E-state index in [9.17, 15) is 32.7 Å². The van der Waals surface area contributed by atoms with Crippen LogP contribution in [0.15, 0.2) is 60.9 Å². The Morgan fingerprint density at radius 2 is 1.78 bits per heavy atom. The fourth-order valence-corrected chi connectivity index (χ4v) is 8.46. The average molecular weight is 839 g/mol. The lowest BCUT2D eigenvalue weighted by atomic mass is 9.89. The molecule has 3 amide bonds. The second-order valence-corrected chi connectivity index (χ2v) is 15.8. The standard InChI is InChI=1S/C41H46ClF3N8O6/c1-23-16-33(53(22-23)39(55)36(51(3)40(56)57)27-10-14-58-15-11-27)37-48-21-32(50-37)26-6-4-25(5-7-26)29-17-31(42)30(18-34(29)59-41(43,44)45)38(54)49-28-8-9-35(47-20-28)52-13-12-46-19-24(52)2/h4-9,17-18,20-21,23-24,27,33,36,46H,10-16,19,22H2,1-3H3,(H,48,50)(H,49,54)(H,56,57). The predicted molar refractivity (Wildman–Crippen MR) is 214 cm³/mol. The van der Waals surface area contributed by atoms with Crippen LogP contribution in [0.3, 0.4) is 0 Å². The fraction of sp³-hybridized carbons (Fsp3) is 0.439. The largest absolute Gasteiger partial charge is 0.573 e. The highest BCUT2D eigenvalue weighted by molar-refractivity contribution is 6.35. The van der Waals surface area contributed by atoms with Crippen molar-refractivity contribution < 1.29 is 42.1 Å². The number of carbonyl (C=O) groups excluding carboxylic acids is 2. The monoisotopic (exact) mass is 838 g/mol. The number of aromatic nitrogens is 3. The first-order chi connectivity index (χ1) is 28.2. The van der Waals surface area contributed by atoms with Gasteiger partial charge in [-0.15, -0.1) is 13.2 Å². The third-order valence-corrected chi connectivity index (χ3v) is 11.5. The number of ether oxygens (including phenoxy) is 2. The Morgan fingerprint density at radius 3 is 2.44 bits per heavy atom. The maximum Gasteiger partial charge on any atom is 0.573 e. The van der Waals surface area contributed by atoms with Crippen molar-refractivity contribution in [3.8, 4) is 28.1 Å². The van der Waals surface area contributed by atoms with Crippen LogP contribution in [-0.4, -0.2) is 113 Å². The number of rotatable bonds is 10. The first-order valence-electron chi connectivity index (χ1n) is 19.5. The maximum absolute atomic E-state index is 14.1. The summed E-state index contributed by atoms with van der Waals surface area (Å²) < 4.78 is 51.1. The van der Waals surface area contributed by atoms with Gasteiger partial charge in [-0.3, -0.25) is 14.5 Å². The molecule has 7 rings (SSSR count). The topological polar surface area (TPSA) is 165 Å². The van der Waals surface area contributed by atoms with Gasteiger partial charge >= 0.3 is 12.5 Å². The zero-order valence-electron chi connectivity index (χ0n) is 32.8. The quantitative estimate of drug-likeness (QED) is 0.130. The molecular formula is C41H46ClF3N8O6. The second kappa shape index (κ2) is 17.5. The van der Waals surface area contributed by atoms with E-state index in [0.717, 1.165) is 36.4 Å². The Labute approximate surface area is 344 Å². The molecule has 0 spiro atoms. The van der Waals surface area contributed by atoms with Crippen LogP contribution >= 0.6 is 11.6 Å². The van der Waals surface area contributed by atoms with E-state index >= 15 is 0 Å². The molecule has 4 aromatic rings. The number of benzene rings is 2. The number of likely N-dealkylation sites (N-methyl/N-ethyl adjacent to an activating group) is 1. The van der Waals surface area contributed by atoms with Crippen LogP contribution in [0.1, 0.15) is 55.3 Å². The summed E-state index contributed by atoms with van der Waals surface area (Å²) in [4.78, 5) is 56.9. The first kappa shape index (κ1) is 41.8. The third kappa shape index (κ3) is 9.42. The minimum absolute atomic E-state index is 0.0106. The van der Waals surface area contributed by atoms with Gasteiger partial charge in [0, 0.05) is 58.0 Å². The van der Waals surface area contributed by atoms with Gasteiger partial charge in [-0.05, 0) is 73.4 Å². The van der Waals surface area contributed by atoms with E-state index in [0.29, 0.717) is 67.4 Å². The van der Waals surface area contributed by atoms with Gasteiger partial charge in [-0.2, -0.15) is 0 Å². The lowest BCUT2D eigenvalue weighted by molar-refractivity contribution is -0.274. The fourth-order valence-electron chi connectivity index (χ4n) is 8.21. The molecular weight excluding hydrogens is 793 g/mol. The molecule has 18 heteroatoms. The van der Waals surface area contributed by atoms with E-state index in [1.807, 2.05) is 6.92 Å². The van der Waals surface area contributed by atoms with Crippen LogP contribution in [0, 0.1) is 11.8 Å². The van der Waals surface area contributed by atoms with Crippen molar-refractivity contribution in [2.24, 2.45) is 11.8 Å². The number of amides is 3. The number of piperazine rings is 1. The molecule has 3 aliphatic heterocycles. The minimum atomic E-state index is -5.07. The Balaban J connectivity index is 1.09. The Hall–Kier alpha value is -5.39. The molecule has 2 aromatic heterocycles. The predicted octanol–water partition coefficient (Wildman–Crippen LogP) is 7.06. The van der Waals surface area contributed by atoms with Crippen molar-refractivity contribution in [2.45, 2.75) is 57.6 Å². The van der Waals surface area contributed by atoms with Gasteiger partial charge in [0.15, 0.2) is 0 Å². The summed E-state index contributed by atoms with van der Waals surface area (Å²) in [6.45, 7) is 7.85. The molecule has 4 atom stereocenters. The molecule has 314 valence electrons. The minimum Gasteiger partial charge on any atom is -0.465 e. The van der Waals surface area contributed by atoms with Crippen LogP contribution in [0.5, 0.6) is 5.75 Å². The van der Waals surface area contributed by atoms with Crippen molar-refractivity contribution in [3.63, 3.8) is 0 Å². The number of nitrogens with one attached hydrogen (secondary N) is 3. The van der Waals surface area contributed by atoms with Crippen molar-refractivity contribution >= 4 is 41.0 Å². The van der Waals surface area contributed by atoms with E-state index in [2.05, 4.69) is 42.1 Å². The summed E-state index contributed by atoms with van der Waals surface area (Å²) in [6, 6.07) is 11.2. The summed E-state index contributed by atoms with van der Waals surface area (Å²) in [5, 5.41) is 15.8. The van der Waals surface area contributed by atoms with Crippen LogP contribution in [-0.2, 0) is 9.53 Å². The summed E-state index contributed by atoms with van der Waals surface area (Å²) in [5.74, 6) is -0.404. The first-order valence-corrected chi connectivity index (χ1v) is 19.9. The van der Waals surface area contributed by atoms with E-state index in [1.54, 1.807) is 47.5 Å². The second-order valence-electron chi connectivity index (χ2n) is 15.4. The van der Waals surface area contributed by atoms with E-state index in [-0.39, 0.29) is 39.9 Å². The van der Waals surface area contributed by atoms with Crippen molar-refractivity contribution in [1.82, 2.24) is 30.1 Å². The third-order valence-electron chi connectivity index (χ3n) is 11.2. The summed E-state index contributed by atoms with van der Waals surface area (Å²) >= 11 is 6.55. The molecule has 5 heterocycles. The molecule has 3 saturated heterocycles. The zero-order chi connectivity index (χ0) is 42.0. The normalized spacial score (nSPS) is 20.6. The number of alkyl halides is 3. The molecule has 59 heavy (non-hydrogen) atoms. The number of anilines is 2. The van der Waals surface area contributed by atoms with Gasteiger partial charge in [0.05, 0.1) is 40.4 Å². The van der Waals surface area contributed by atoms with Gasteiger partial charge in [-0.1, -0.05) is 42.8 Å². The highest BCUT2D eigenvalue weighted by atomic mass is 35.5. The van der Waals surface area contributed by atoms with Gasteiger partial charge in [0.25, 0.3) is 5.91 Å². The van der Waals surface area contributed by atoms with E-state index in [1.165, 1.54) is 19.3 Å². The van der Waals surface area contributed by atoms with Gasteiger partial charge < -0.3 is 40.0 Å². The van der Waals surface area contributed by atoms with Crippen molar-refractivity contribution in [1.29, 1.82) is 0 Å². The molecule has 0 aliphatic carbocycles. The van der Waals surface area contributed by atoms with Crippen LogP contribution in [0.2, 0.25) is 5.02 Å². The van der Waals surface area contributed by atoms with Crippen LogP contribution in [0.25, 0.3) is 22.4 Å². The molecule has 3 fully saturated rings. The molecule has 4 N–H and O–H groups in total. The molecule has 0 saturated carbocycles. The number of carbonyl (C=O) groups is 3. The van der Waals surface area contributed by atoms with Crippen molar-refractivity contribution in [3.05, 3.63) is 77.3 Å². The number of carboxylic acid groups (broad SMARTS) is 1. The Bertz CT molecular complexity index is 2150. The van der Waals surface area contributed by atoms with E-state index < -0.39 is 36.2 Å². The lowest BCUT2D eigenvalue weighted by Gasteiger charge is -2.37. The summed E-state index contributed by atoms with van der Waals surface area (Å²) in [7, 11) is 1.42. The molecule has 3 aliphatic rings. The number of likely N-dealkylation sites (tertiary alicyclic amines) is 1. The highest BCUT2D eigenvalue weighted by Gasteiger charge is 2.44.